The summed E-state index contributed by atoms with van der Waals surface area (Å²) in [4.78, 5) is 0. The summed E-state index contributed by atoms with van der Waals surface area (Å²) < 4.78 is 0. The molecule has 1 rings (SSSR count). The van der Waals surface area contributed by atoms with Crippen LogP contribution in [-0.4, -0.2) is 12.2 Å². The summed E-state index contributed by atoms with van der Waals surface area (Å²) in [6.07, 6.45) is 0. The molecular weight excluding hydrogens is 142 g/mol. The van der Waals surface area contributed by atoms with E-state index >= 15 is 0 Å². The summed E-state index contributed by atoms with van der Waals surface area (Å²) in [5, 5.41) is 11.9. The molecule has 0 atom stereocenters. The first-order valence-corrected chi connectivity index (χ1v) is 3.21. The molecular formula is C7H11N3O. The average molecular weight is 153 g/mol. The maximum Gasteiger partial charge on any atom is 0.140 e. The molecule has 11 heavy (non-hydrogen) atoms. The van der Waals surface area contributed by atoms with Gasteiger partial charge in [-0.25, -0.2) is 0 Å². The highest BCUT2D eigenvalue weighted by atomic mass is 16.3. The Hall–Kier alpha value is -1.58. The second-order valence-electron chi connectivity index (χ2n) is 2.21. The molecule has 0 radical (unpaired) electrons. The van der Waals surface area contributed by atoms with Crippen molar-refractivity contribution in [2.75, 3.05) is 23.8 Å². The van der Waals surface area contributed by atoms with Crippen molar-refractivity contribution in [2.45, 2.75) is 0 Å². The highest BCUT2D eigenvalue weighted by Gasteiger charge is 2.04. The normalized spacial score (nSPS) is 9.55. The molecule has 1 aromatic carbocycles. The van der Waals surface area contributed by atoms with Crippen molar-refractivity contribution in [1.82, 2.24) is 0 Å². The smallest absolute Gasteiger partial charge is 0.140 e. The molecule has 0 aliphatic carbocycles. The minimum atomic E-state index is 0.0153. The van der Waals surface area contributed by atoms with Crippen LogP contribution in [0.1, 0.15) is 0 Å². The monoisotopic (exact) mass is 153 g/mol. The van der Waals surface area contributed by atoms with Crippen LogP contribution in [0.25, 0.3) is 0 Å². The van der Waals surface area contributed by atoms with E-state index in [9.17, 15) is 0 Å². The van der Waals surface area contributed by atoms with Crippen molar-refractivity contribution in [3.8, 4) is 5.75 Å². The lowest BCUT2D eigenvalue weighted by Crippen LogP contribution is -2.00. The predicted molar refractivity (Wildman–Crippen MR) is 46.5 cm³/mol. The van der Waals surface area contributed by atoms with E-state index < -0.39 is 0 Å². The van der Waals surface area contributed by atoms with E-state index in [4.69, 9.17) is 16.6 Å². The number of nitrogens with one attached hydrogen (secondary N) is 1. The van der Waals surface area contributed by atoms with Crippen molar-refractivity contribution in [2.24, 2.45) is 0 Å². The van der Waals surface area contributed by atoms with Crippen LogP contribution >= 0.6 is 0 Å². The summed E-state index contributed by atoms with van der Waals surface area (Å²) in [5.74, 6) is 0.0153. The third-order valence-electron chi connectivity index (χ3n) is 1.53. The van der Waals surface area contributed by atoms with Crippen LogP contribution in [0.3, 0.4) is 0 Å². The molecule has 0 aliphatic rings. The van der Waals surface area contributed by atoms with Gasteiger partial charge in [-0.15, -0.1) is 0 Å². The van der Waals surface area contributed by atoms with E-state index in [1.807, 2.05) is 0 Å². The lowest BCUT2D eigenvalue weighted by Gasteiger charge is -2.07. The van der Waals surface area contributed by atoms with Gasteiger partial charge >= 0.3 is 0 Å². The summed E-state index contributed by atoms with van der Waals surface area (Å²) >= 11 is 0. The molecule has 4 nitrogen and oxygen atoms in total. The molecule has 0 saturated carbocycles. The maximum absolute atomic E-state index is 9.09. The van der Waals surface area contributed by atoms with Crippen molar-refractivity contribution in [3.63, 3.8) is 0 Å². The first kappa shape index (κ1) is 7.53. The molecule has 0 unspecified atom stereocenters. The number of benzene rings is 1. The molecule has 0 amide bonds. The zero-order chi connectivity index (χ0) is 8.43. The van der Waals surface area contributed by atoms with Gasteiger partial charge in [-0.2, -0.15) is 0 Å². The number of nitrogens with two attached hydrogens (primary N) is 2. The second kappa shape index (κ2) is 2.57. The fraction of sp³-hybridized carbons (Fsp3) is 0.143. The first-order valence-electron chi connectivity index (χ1n) is 3.21. The van der Waals surface area contributed by atoms with Gasteiger partial charge in [-0.1, -0.05) is 0 Å². The molecule has 0 saturated heterocycles. The Kier molecular flexibility index (Phi) is 1.76. The van der Waals surface area contributed by atoms with Crippen LogP contribution in [0.5, 0.6) is 5.75 Å². The van der Waals surface area contributed by atoms with Crippen LogP contribution in [0.4, 0.5) is 17.1 Å². The standard InChI is InChI=1S/C7H11N3O/c1-10-4-2-3-5(11)7(9)6(4)8/h2-3,10-11H,8-9H2,1H3. The Morgan fingerprint density at radius 2 is 1.91 bits per heavy atom. The molecule has 4 heteroatoms. The predicted octanol–water partition coefficient (Wildman–Crippen LogP) is 0.598. The molecule has 0 bridgehead atoms. The Bertz CT molecular complexity index is 273. The topological polar surface area (TPSA) is 84.3 Å². The quantitative estimate of drug-likeness (QED) is 0.270. The lowest BCUT2D eigenvalue weighted by atomic mass is 10.2. The number of hydrogen-bond acceptors (Lipinski definition) is 4. The van der Waals surface area contributed by atoms with Gasteiger partial charge in [0, 0.05) is 7.05 Å². The van der Waals surface area contributed by atoms with E-state index in [-0.39, 0.29) is 11.4 Å². The van der Waals surface area contributed by atoms with E-state index in [0.717, 1.165) is 5.69 Å². The fourth-order valence-electron chi connectivity index (χ4n) is 0.843. The van der Waals surface area contributed by atoms with Gasteiger partial charge < -0.3 is 21.9 Å². The molecule has 0 aromatic heterocycles. The van der Waals surface area contributed by atoms with Gasteiger partial charge in [-0.3, -0.25) is 0 Å². The first-order chi connectivity index (χ1) is 5.16. The molecule has 0 heterocycles. The van der Waals surface area contributed by atoms with Crippen molar-refractivity contribution >= 4 is 17.1 Å². The molecule has 1 aromatic rings. The third kappa shape index (κ3) is 1.14. The average Bonchev–Trinajstić information content (AvgIpc) is 2.01. The van der Waals surface area contributed by atoms with Gasteiger partial charge in [0.25, 0.3) is 0 Å². The largest absolute Gasteiger partial charge is 0.506 e. The van der Waals surface area contributed by atoms with Crippen LogP contribution in [0, 0.1) is 0 Å². The number of rotatable bonds is 1. The number of phenolic OH excluding ortho intramolecular Hbond substituents is 1. The van der Waals surface area contributed by atoms with E-state index in [0.29, 0.717) is 5.69 Å². The highest BCUT2D eigenvalue weighted by molar-refractivity contribution is 5.82. The number of anilines is 3. The Morgan fingerprint density at radius 1 is 1.27 bits per heavy atom. The van der Waals surface area contributed by atoms with Crippen LogP contribution in [0.2, 0.25) is 0 Å². The SMILES string of the molecule is CNc1ccc(O)c(N)c1N. The zero-order valence-electron chi connectivity index (χ0n) is 6.26. The molecule has 0 aliphatic heterocycles. The van der Waals surface area contributed by atoms with E-state index in [1.165, 1.54) is 6.07 Å². The molecule has 0 spiro atoms. The van der Waals surface area contributed by atoms with E-state index in [1.54, 1.807) is 13.1 Å². The number of aromatic hydroxyl groups is 1. The fourth-order valence-corrected chi connectivity index (χ4v) is 0.843. The van der Waals surface area contributed by atoms with Crippen LogP contribution < -0.4 is 16.8 Å². The maximum atomic E-state index is 9.09. The Morgan fingerprint density at radius 3 is 2.45 bits per heavy atom. The van der Waals surface area contributed by atoms with Gasteiger partial charge in [0.15, 0.2) is 0 Å². The van der Waals surface area contributed by atoms with Crippen molar-refractivity contribution < 1.29 is 5.11 Å². The van der Waals surface area contributed by atoms with Crippen molar-refractivity contribution in [1.29, 1.82) is 0 Å². The molecule has 60 valence electrons. The number of phenols is 1. The van der Waals surface area contributed by atoms with Crippen LogP contribution in [0.15, 0.2) is 12.1 Å². The van der Waals surface area contributed by atoms with Crippen LogP contribution in [-0.2, 0) is 0 Å². The number of nitrogen functional groups attached to an aromatic ring is 2. The van der Waals surface area contributed by atoms with Gasteiger partial charge in [0.05, 0.1) is 17.1 Å². The Labute approximate surface area is 64.8 Å². The zero-order valence-corrected chi connectivity index (χ0v) is 6.26. The van der Waals surface area contributed by atoms with Crippen molar-refractivity contribution in [3.05, 3.63) is 12.1 Å². The highest BCUT2D eigenvalue weighted by Crippen LogP contribution is 2.32. The van der Waals surface area contributed by atoms with Gasteiger partial charge in [-0.05, 0) is 12.1 Å². The molecule has 6 N–H and O–H groups in total. The summed E-state index contributed by atoms with van der Waals surface area (Å²) in [6, 6.07) is 3.17. The number of hydrogen-bond donors (Lipinski definition) is 4. The molecule has 0 fully saturated rings. The summed E-state index contributed by atoms with van der Waals surface area (Å²) in [7, 11) is 1.74. The van der Waals surface area contributed by atoms with E-state index in [2.05, 4.69) is 5.32 Å². The van der Waals surface area contributed by atoms with Gasteiger partial charge in [0.2, 0.25) is 0 Å². The minimum absolute atomic E-state index is 0.0153. The lowest BCUT2D eigenvalue weighted by molar-refractivity contribution is 0.478. The third-order valence-corrected chi connectivity index (χ3v) is 1.53. The second-order valence-corrected chi connectivity index (χ2v) is 2.21. The summed E-state index contributed by atoms with van der Waals surface area (Å²) in [5.41, 5.74) is 12.3. The Balaban J connectivity index is 3.25. The van der Waals surface area contributed by atoms with Gasteiger partial charge in [0.1, 0.15) is 5.75 Å². The minimum Gasteiger partial charge on any atom is -0.506 e. The summed E-state index contributed by atoms with van der Waals surface area (Å²) in [6.45, 7) is 0.